The minimum absolute atomic E-state index is 0.0431. The van der Waals surface area contributed by atoms with Crippen molar-refractivity contribution in [3.05, 3.63) is 65.2 Å². The number of hydrogen-bond donors (Lipinski definition) is 1. The van der Waals surface area contributed by atoms with Gasteiger partial charge in [-0.15, -0.1) is 0 Å². The number of rotatable bonds is 3. The lowest BCUT2D eigenvalue weighted by molar-refractivity contribution is -0.119. The maximum atomic E-state index is 12.8. The Bertz CT molecular complexity index is 819. The Balaban J connectivity index is 1.67. The average Bonchev–Trinajstić information content (AvgIpc) is 3.04. The van der Waals surface area contributed by atoms with Gasteiger partial charge in [-0.3, -0.25) is 9.59 Å². The van der Waals surface area contributed by atoms with Gasteiger partial charge in [-0.25, -0.2) is 0 Å². The predicted molar refractivity (Wildman–Crippen MR) is 105 cm³/mol. The fourth-order valence-corrected chi connectivity index (χ4v) is 3.26. The molecular weight excluding hydrogens is 324 g/mol. The van der Waals surface area contributed by atoms with Crippen LogP contribution in [0, 0.1) is 0 Å². The lowest BCUT2D eigenvalue weighted by Gasteiger charge is -2.23. The van der Waals surface area contributed by atoms with E-state index in [2.05, 4.69) is 26.1 Å². The molecule has 1 aliphatic heterocycles. The molecule has 2 aromatic carbocycles. The molecule has 0 fully saturated rings. The zero-order valence-corrected chi connectivity index (χ0v) is 15.9. The van der Waals surface area contributed by atoms with Crippen LogP contribution in [0.25, 0.3) is 0 Å². The van der Waals surface area contributed by atoms with E-state index >= 15 is 0 Å². The SMILES string of the molecule is C[C@@H](NC(=O)c1ccc(C(C)(C)C)cc1)C(=O)N1CCc2ccccc21. The molecule has 2 aromatic rings. The Kier molecular flexibility index (Phi) is 4.86. The second-order valence-corrected chi connectivity index (χ2v) is 7.89. The van der Waals surface area contributed by atoms with Crippen LogP contribution in [0.1, 0.15) is 49.2 Å². The van der Waals surface area contributed by atoms with Gasteiger partial charge < -0.3 is 10.2 Å². The molecule has 0 spiro atoms. The third kappa shape index (κ3) is 3.64. The van der Waals surface area contributed by atoms with Gasteiger partial charge in [-0.05, 0) is 48.1 Å². The van der Waals surface area contributed by atoms with E-state index in [1.54, 1.807) is 11.8 Å². The molecule has 0 saturated carbocycles. The summed E-state index contributed by atoms with van der Waals surface area (Å²) in [6.45, 7) is 8.81. The minimum Gasteiger partial charge on any atom is -0.341 e. The summed E-state index contributed by atoms with van der Waals surface area (Å²) in [4.78, 5) is 27.0. The van der Waals surface area contributed by atoms with Crippen molar-refractivity contribution in [3.8, 4) is 0 Å². The van der Waals surface area contributed by atoms with Crippen LogP contribution in [-0.4, -0.2) is 24.4 Å². The minimum atomic E-state index is -0.573. The third-order valence-corrected chi connectivity index (χ3v) is 4.88. The summed E-state index contributed by atoms with van der Waals surface area (Å²) < 4.78 is 0. The van der Waals surface area contributed by atoms with E-state index < -0.39 is 6.04 Å². The maximum absolute atomic E-state index is 12.8. The Hall–Kier alpha value is -2.62. The highest BCUT2D eigenvalue weighted by Crippen LogP contribution is 2.28. The zero-order chi connectivity index (χ0) is 18.9. The molecule has 2 amide bonds. The van der Waals surface area contributed by atoms with Gasteiger partial charge in [0.2, 0.25) is 5.91 Å². The predicted octanol–water partition coefficient (Wildman–Crippen LogP) is 3.69. The number of nitrogens with zero attached hydrogens (tertiary/aromatic N) is 1. The molecule has 4 nitrogen and oxygen atoms in total. The molecule has 1 atom stereocenters. The van der Waals surface area contributed by atoms with Crippen molar-refractivity contribution in [2.24, 2.45) is 0 Å². The van der Waals surface area contributed by atoms with Crippen LogP contribution < -0.4 is 10.2 Å². The Labute approximate surface area is 155 Å². The van der Waals surface area contributed by atoms with Crippen molar-refractivity contribution in [1.29, 1.82) is 0 Å². The first-order chi connectivity index (χ1) is 12.3. The molecular formula is C22H26N2O2. The molecule has 0 unspecified atom stereocenters. The van der Waals surface area contributed by atoms with Gasteiger partial charge in [0.25, 0.3) is 5.91 Å². The van der Waals surface area contributed by atoms with Crippen molar-refractivity contribution in [2.75, 3.05) is 11.4 Å². The number of anilines is 1. The van der Waals surface area contributed by atoms with Crippen molar-refractivity contribution in [2.45, 2.75) is 45.6 Å². The van der Waals surface area contributed by atoms with Crippen molar-refractivity contribution in [1.82, 2.24) is 5.32 Å². The van der Waals surface area contributed by atoms with E-state index in [0.29, 0.717) is 12.1 Å². The summed E-state index contributed by atoms with van der Waals surface area (Å²) in [6, 6.07) is 14.9. The van der Waals surface area contributed by atoms with Crippen LogP contribution in [0.15, 0.2) is 48.5 Å². The van der Waals surface area contributed by atoms with Gasteiger partial charge in [-0.1, -0.05) is 51.1 Å². The van der Waals surface area contributed by atoms with E-state index in [9.17, 15) is 9.59 Å². The number of carbonyl (C=O) groups excluding carboxylic acids is 2. The summed E-state index contributed by atoms with van der Waals surface area (Å²) in [5.41, 5.74) is 3.91. The van der Waals surface area contributed by atoms with Crippen molar-refractivity contribution in [3.63, 3.8) is 0 Å². The molecule has 3 rings (SSSR count). The van der Waals surface area contributed by atoms with Crippen molar-refractivity contribution < 1.29 is 9.59 Å². The van der Waals surface area contributed by atoms with Crippen LogP contribution in [0.3, 0.4) is 0 Å². The quantitative estimate of drug-likeness (QED) is 0.918. The molecule has 1 aliphatic rings. The highest BCUT2D eigenvalue weighted by Gasteiger charge is 2.28. The molecule has 136 valence electrons. The lowest BCUT2D eigenvalue weighted by atomic mass is 9.86. The van der Waals surface area contributed by atoms with E-state index in [1.165, 1.54) is 11.1 Å². The molecule has 1 N–H and O–H groups in total. The molecule has 0 radical (unpaired) electrons. The van der Waals surface area contributed by atoms with Crippen LogP contribution >= 0.6 is 0 Å². The van der Waals surface area contributed by atoms with Crippen LogP contribution in [0.4, 0.5) is 5.69 Å². The maximum Gasteiger partial charge on any atom is 0.251 e. The number of fused-ring (bicyclic) bond motifs is 1. The largest absolute Gasteiger partial charge is 0.341 e. The molecule has 1 heterocycles. The number of carbonyl (C=O) groups is 2. The lowest BCUT2D eigenvalue weighted by Crippen LogP contribution is -2.46. The zero-order valence-electron chi connectivity index (χ0n) is 15.9. The number of amides is 2. The van der Waals surface area contributed by atoms with Gasteiger partial charge in [0.1, 0.15) is 6.04 Å². The van der Waals surface area contributed by atoms with Gasteiger partial charge >= 0.3 is 0 Å². The van der Waals surface area contributed by atoms with Gasteiger partial charge in [-0.2, -0.15) is 0 Å². The average molecular weight is 350 g/mol. The fourth-order valence-electron chi connectivity index (χ4n) is 3.26. The normalized spacial score (nSPS) is 14.7. The summed E-state index contributed by atoms with van der Waals surface area (Å²) in [5, 5.41) is 2.83. The molecule has 0 bridgehead atoms. The Morgan fingerprint density at radius 3 is 2.35 bits per heavy atom. The van der Waals surface area contributed by atoms with Gasteiger partial charge in [0.15, 0.2) is 0 Å². The molecule has 0 aromatic heterocycles. The van der Waals surface area contributed by atoms with E-state index in [1.807, 2.05) is 48.5 Å². The summed E-state index contributed by atoms with van der Waals surface area (Å²) in [7, 11) is 0. The first kappa shape index (κ1) is 18.2. The molecule has 0 aliphatic carbocycles. The van der Waals surface area contributed by atoms with E-state index in [4.69, 9.17) is 0 Å². The third-order valence-electron chi connectivity index (χ3n) is 4.88. The topological polar surface area (TPSA) is 49.4 Å². The van der Waals surface area contributed by atoms with E-state index in [-0.39, 0.29) is 17.2 Å². The molecule has 26 heavy (non-hydrogen) atoms. The number of benzene rings is 2. The second kappa shape index (κ2) is 6.94. The van der Waals surface area contributed by atoms with Crippen LogP contribution in [0.2, 0.25) is 0 Å². The monoisotopic (exact) mass is 350 g/mol. The highest BCUT2D eigenvalue weighted by atomic mass is 16.2. The van der Waals surface area contributed by atoms with Crippen molar-refractivity contribution >= 4 is 17.5 Å². The Morgan fingerprint density at radius 1 is 1.04 bits per heavy atom. The highest BCUT2D eigenvalue weighted by molar-refractivity contribution is 6.03. The molecule has 0 saturated heterocycles. The van der Waals surface area contributed by atoms with Crippen LogP contribution in [-0.2, 0) is 16.6 Å². The Morgan fingerprint density at radius 2 is 1.69 bits per heavy atom. The van der Waals surface area contributed by atoms with Gasteiger partial charge in [0.05, 0.1) is 0 Å². The standard InChI is InChI=1S/C22H26N2O2/c1-15(21(26)24-14-13-16-7-5-6-8-19(16)24)23-20(25)17-9-11-18(12-10-17)22(2,3)4/h5-12,15H,13-14H2,1-4H3,(H,23,25)/t15-/m1/s1. The first-order valence-corrected chi connectivity index (χ1v) is 9.08. The summed E-state index contributed by atoms with van der Waals surface area (Å²) in [6.07, 6.45) is 0.858. The first-order valence-electron chi connectivity index (χ1n) is 9.08. The van der Waals surface area contributed by atoms with Gasteiger partial charge in [0, 0.05) is 17.8 Å². The number of para-hydroxylation sites is 1. The van der Waals surface area contributed by atoms with Crippen LogP contribution in [0.5, 0.6) is 0 Å². The second-order valence-electron chi connectivity index (χ2n) is 7.89. The fraction of sp³-hybridized carbons (Fsp3) is 0.364. The number of hydrogen-bond acceptors (Lipinski definition) is 2. The smallest absolute Gasteiger partial charge is 0.251 e. The van der Waals surface area contributed by atoms with E-state index in [0.717, 1.165) is 12.1 Å². The number of nitrogens with one attached hydrogen (secondary N) is 1. The molecule has 4 heteroatoms. The summed E-state index contributed by atoms with van der Waals surface area (Å²) >= 11 is 0. The summed E-state index contributed by atoms with van der Waals surface area (Å²) in [5.74, 6) is -0.298.